The largest absolute Gasteiger partial charge is 0.497 e. The van der Waals surface area contributed by atoms with Crippen molar-refractivity contribution in [1.82, 2.24) is 14.8 Å². The second-order valence-corrected chi connectivity index (χ2v) is 9.36. The summed E-state index contributed by atoms with van der Waals surface area (Å²) < 4.78 is 7.11. The first kappa shape index (κ1) is 23.5. The molecule has 0 fully saturated rings. The van der Waals surface area contributed by atoms with E-state index >= 15 is 0 Å². The predicted octanol–water partition coefficient (Wildman–Crippen LogP) is 5.75. The number of hydrogen-bond acceptors (Lipinski definition) is 5. The summed E-state index contributed by atoms with van der Waals surface area (Å²) in [6, 6.07) is 27.0. The van der Waals surface area contributed by atoms with Gasteiger partial charge in [-0.1, -0.05) is 48.5 Å². The minimum atomic E-state index is -0.462. The number of allylic oxidation sites excluding steroid dienone is 2. The van der Waals surface area contributed by atoms with E-state index in [-0.39, 0.29) is 11.3 Å². The zero-order chi connectivity index (χ0) is 26.4. The molecule has 2 N–H and O–H groups in total. The highest BCUT2D eigenvalue weighted by atomic mass is 16.5. The highest BCUT2D eigenvalue weighted by Crippen LogP contribution is 2.46. The van der Waals surface area contributed by atoms with Gasteiger partial charge >= 0.3 is 0 Å². The molecule has 0 aliphatic heterocycles. The van der Waals surface area contributed by atoms with E-state index in [9.17, 15) is 9.59 Å². The van der Waals surface area contributed by atoms with Crippen LogP contribution in [-0.2, 0) is 0 Å². The third-order valence-electron chi connectivity index (χ3n) is 7.07. The number of anilines is 1. The summed E-state index contributed by atoms with van der Waals surface area (Å²) in [7, 11) is 1.62. The standard InChI is InChI=1S/C31H26N4O3/c1-18(32-21-10-6-4-7-11-21)24-26(20-14-16-23(38-3)17-15-20)27-25-19(2)34-35(22-12-8-5-9-13-22)30(25)33-31(37)28(27)29(24)36/h4-17,26,32H,1-3H3,(H,33,37)/b24-18+. The van der Waals surface area contributed by atoms with E-state index in [1.54, 1.807) is 11.8 Å². The van der Waals surface area contributed by atoms with Gasteiger partial charge in [0.2, 0.25) is 0 Å². The Balaban J connectivity index is 1.64. The Labute approximate surface area is 219 Å². The monoisotopic (exact) mass is 502 g/mol. The number of pyridine rings is 1. The van der Waals surface area contributed by atoms with Crippen LogP contribution < -0.4 is 15.6 Å². The number of ketones is 1. The molecular formula is C31H26N4O3. The fourth-order valence-corrected chi connectivity index (χ4v) is 5.38. The molecule has 1 atom stereocenters. The Morgan fingerprint density at radius 2 is 1.61 bits per heavy atom. The molecule has 2 aromatic heterocycles. The molecular weight excluding hydrogens is 476 g/mol. The Morgan fingerprint density at radius 3 is 2.26 bits per heavy atom. The number of para-hydroxylation sites is 2. The number of carbonyl (C=O) groups is 1. The van der Waals surface area contributed by atoms with Gasteiger partial charge in [-0.3, -0.25) is 9.59 Å². The zero-order valence-electron chi connectivity index (χ0n) is 21.3. The molecule has 3 aromatic carbocycles. The van der Waals surface area contributed by atoms with Crippen molar-refractivity contribution >= 4 is 22.5 Å². The number of aromatic nitrogens is 3. The van der Waals surface area contributed by atoms with Gasteiger partial charge in [0, 0.05) is 28.3 Å². The van der Waals surface area contributed by atoms with E-state index in [0.717, 1.165) is 28.0 Å². The predicted molar refractivity (Wildman–Crippen MR) is 148 cm³/mol. The van der Waals surface area contributed by atoms with E-state index in [1.165, 1.54) is 0 Å². The number of ether oxygens (including phenoxy) is 1. The highest BCUT2D eigenvalue weighted by Gasteiger charge is 2.42. The maximum Gasteiger partial charge on any atom is 0.261 e. The van der Waals surface area contributed by atoms with Crippen molar-refractivity contribution in [3.63, 3.8) is 0 Å². The summed E-state index contributed by atoms with van der Waals surface area (Å²) in [6.45, 7) is 3.79. The minimum Gasteiger partial charge on any atom is -0.497 e. The average Bonchev–Trinajstić information content (AvgIpc) is 3.43. The highest BCUT2D eigenvalue weighted by molar-refractivity contribution is 6.18. The lowest BCUT2D eigenvalue weighted by molar-refractivity contribution is 0.103. The molecule has 38 heavy (non-hydrogen) atoms. The lowest BCUT2D eigenvalue weighted by Crippen LogP contribution is -2.18. The second-order valence-electron chi connectivity index (χ2n) is 9.36. The molecule has 5 aromatic rings. The molecule has 0 saturated carbocycles. The van der Waals surface area contributed by atoms with Crippen LogP contribution in [-0.4, -0.2) is 27.7 Å². The first-order chi connectivity index (χ1) is 18.5. The van der Waals surface area contributed by atoms with Gasteiger partial charge in [0.15, 0.2) is 5.78 Å². The molecule has 7 heteroatoms. The quantitative estimate of drug-likeness (QED) is 0.299. The van der Waals surface area contributed by atoms with Gasteiger partial charge in [-0.05, 0) is 61.4 Å². The molecule has 0 saturated heterocycles. The lowest BCUT2D eigenvalue weighted by atomic mass is 9.87. The molecule has 0 radical (unpaired) electrons. The van der Waals surface area contributed by atoms with Crippen molar-refractivity contribution in [3.8, 4) is 11.4 Å². The van der Waals surface area contributed by atoms with Crippen molar-refractivity contribution in [2.24, 2.45) is 0 Å². The smallest absolute Gasteiger partial charge is 0.261 e. The molecule has 1 unspecified atom stereocenters. The Bertz CT molecular complexity index is 1770. The van der Waals surface area contributed by atoms with E-state index in [2.05, 4.69) is 10.3 Å². The van der Waals surface area contributed by atoms with Crippen LogP contribution in [0.3, 0.4) is 0 Å². The molecule has 0 amide bonds. The first-order valence-electron chi connectivity index (χ1n) is 12.4. The van der Waals surface area contributed by atoms with Crippen molar-refractivity contribution in [1.29, 1.82) is 0 Å². The van der Waals surface area contributed by atoms with Crippen LogP contribution in [0.4, 0.5) is 5.69 Å². The molecule has 188 valence electrons. The molecule has 6 rings (SSSR count). The number of aryl methyl sites for hydroxylation is 1. The van der Waals surface area contributed by atoms with Gasteiger partial charge in [-0.2, -0.15) is 5.10 Å². The maximum absolute atomic E-state index is 14.0. The normalized spacial score (nSPS) is 16.0. The molecule has 1 aliphatic carbocycles. The summed E-state index contributed by atoms with van der Waals surface area (Å²) >= 11 is 0. The number of methoxy groups -OCH3 is 1. The molecule has 7 nitrogen and oxygen atoms in total. The number of benzene rings is 3. The van der Waals surface area contributed by atoms with Gasteiger partial charge in [-0.25, -0.2) is 4.68 Å². The van der Waals surface area contributed by atoms with Crippen LogP contribution in [0.1, 0.15) is 40.0 Å². The van der Waals surface area contributed by atoms with Crippen LogP contribution in [0.15, 0.2) is 101 Å². The number of H-pyrrole nitrogens is 1. The first-order valence-corrected chi connectivity index (χ1v) is 12.4. The number of nitrogens with one attached hydrogen (secondary N) is 2. The minimum absolute atomic E-state index is 0.165. The zero-order valence-corrected chi connectivity index (χ0v) is 21.3. The molecule has 2 heterocycles. The summed E-state index contributed by atoms with van der Waals surface area (Å²) in [5.41, 5.74) is 5.54. The van der Waals surface area contributed by atoms with Gasteiger partial charge in [0.1, 0.15) is 11.4 Å². The Kier molecular flexibility index (Phi) is 5.68. The summed E-state index contributed by atoms with van der Waals surface area (Å²) in [5, 5.41) is 8.94. The number of Topliss-reactive ketones (excluding diaryl/α,β-unsaturated/α-hetero) is 1. The number of nitrogens with zero attached hydrogens (tertiary/aromatic N) is 2. The SMILES string of the molecule is COc1ccc(C2/C(=C(/C)Nc3ccccc3)C(=O)c3c2c2c(C)nn(-c4ccccc4)c2[nH]c3=O)cc1. The number of fused-ring (bicyclic) bond motifs is 3. The van der Waals surface area contributed by atoms with E-state index in [4.69, 9.17) is 9.84 Å². The fourth-order valence-electron chi connectivity index (χ4n) is 5.38. The molecule has 1 aliphatic rings. The van der Waals surface area contributed by atoms with Crippen LogP contribution in [0.2, 0.25) is 0 Å². The summed E-state index contributed by atoms with van der Waals surface area (Å²) in [5.74, 6) is -0.0274. The van der Waals surface area contributed by atoms with Crippen LogP contribution in [0.5, 0.6) is 5.75 Å². The molecule has 0 bridgehead atoms. The maximum atomic E-state index is 14.0. The summed E-state index contributed by atoms with van der Waals surface area (Å²) in [6.07, 6.45) is 0. The molecule has 0 spiro atoms. The number of hydrogen-bond donors (Lipinski definition) is 2. The topological polar surface area (TPSA) is 89.0 Å². The third kappa shape index (κ3) is 3.71. The van der Waals surface area contributed by atoms with E-state index < -0.39 is 11.5 Å². The number of aromatic amines is 1. The van der Waals surface area contributed by atoms with Crippen LogP contribution >= 0.6 is 0 Å². The Morgan fingerprint density at radius 1 is 0.947 bits per heavy atom. The van der Waals surface area contributed by atoms with Crippen molar-refractivity contribution in [3.05, 3.63) is 129 Å². The van der Waals surface area contributed by atoms with Crippen LogP contribution in [0.25, 0.3) is 16.7 Å². The summed E-state index contributed by atoms with van der Waals surface area (Å²) in [4.78, 5) is 30.5. The van der Waals surface area contributed by atoms with Crippen molar-refractivity contribution in [2.45, 2.75) is 19.8 Å². The van der Waals surface area contributed by atoms with E-state index in [1.807, 2.05) is 98.8 Å². The van der Waals surface area contributed by atoms with Crippen molar-refractivity contribution in [2.75, 3.05) is 12.4 Å². The average molecular weight is 503 g/mol. The van der Waals surface area contributed by atoms with Crippen molar-refractivity contribution < 1.29 is 9.53 Å². The van der Waals surface area contributed by atoms with E-state index in [0.29, 0.717) is 28.2 Å². The van der Waals surface area contributed by atoms with Gasteiger partial charge in [0.25, 0.3) is 5.56 Å². The fraction of sp³-hybridized carbons (Fsp3) is 0.129. The van der Waals surface area contributed by atoms with Gasteiger partial charge in [-0.15, -0.1) is 0 Å². The van der Waals surface area contributed by atoms with Crippen LogP contribution in [0, 0.1) is 6.92 Å². The van der Waals surface area contributed by atoms with Gasteiger partial charge < -0.3 is 15.0 Å². The number of rotatable bonds is 5. The Hall–Kier alpha value is -4.91. The lowest BCUT2D eigenvalue weighted by Gasteiger charge is -2.18. The van der Waals surface area contributed by atoms with Gasteiger partial charge in [0.05, 0.1) is 24.1 Å². The second kappa shape index (κ2) is 9.19. The third-order valence-corrected chi connectivity index (χ3v) is 7.07. The number of carbonyl (C=O) groups excluding carboxylic acids is 1.